The van der Waals surface area contributed by atoms with E-state index in [4.69, 9.17) is 11.5 Å². The number of rotatable bonds is 7. The molecule has 1 rings (SSSR count). The van der Waals surface area contributed by atoms with Gasteiger partial charge in [-0.3, -0.25) is 14.5 Å². The number of hydrogen-bond donors (Lipinski definition) is 3. The van der Waals surface area contributed by atoms with Gasteiger partial charge in [0.2, 0.25) is 11.8 Å². The molecule has 0 aromatic heterocycles. The minimum absolute atomic E-state index is 0.0644. The molecule has 0 spiro atoms. The molecule has 0 aliphatic carbocycles. The summed E-state index contributed by atoms with van der Waals surface area (Å²) in [7, 11) is 0. The maximum atomic E-state index is 12.2. The van der Waals surface area contributed by atoms with Crippen LogP contribution in [0.25, 0.3) is 0 Å². The van der Waals surface area contributed by atoms with E-state index >= 15 is 0 Å². The minimum atomic E-state index is -0.299. The molecular formula is C14H28N4O2. The van der Waals surface area contributed by atoms with Crippen molar-refractivity contribution in [3.8, 4) is 0 Å². The van der Waals surface area contributed by atoms with Crippen LogP contribution in [-0.4, -0.2) is 48.9 Å². The lowest BCUT2D eigenvalue weighted by Crippen LogP contribution is -2.48. The van der Waals surface area contributed by atoms with Crippen molar-refractivity contribution in [2.24, 2.45) is 23.3 Å². The molecule has 1 atom stereocenters. The number of piperidine rings is 1. The van der Waals surface area contributed by atoms with Crippen molar-refractivity contribution < 1.29 is 9.59 Å². The van der Waals surface area contributed by atoms with Crippen molar-refractivity contribution in [3.63, 3.8) is 0 Å². The van der Waals surface area contributed by atoms with Gasteiger partial charge in [-0.15, -0.1) is 0 Å². The van der Waals surface area contributed by atoms with Crippen LogP contribution in [0.15, 0.2) is 0 Å². The van der Waals surface area contributed by atoms with Gasteiger partial charge in [-0.2, -0.15) is 0 Å². The standard InChI is InChI=1S/C14H28N4O2/c1-10(2)7-11(8-15)14(20)17-12-3-5-18(6-4-12)9-13(16)19/h10-12H,3-9,15H2,1-2H3,(H2,16,19)(H,17,20). The van der Waals surface area contributed by atoms with Crippen molar-refractivity contribution in [2.45, 2.75) is 39.2 Å². The maximum Gasteiger partial charge on any atom is 0.231 e. The van der Waals surface area contributed by atoms with E-state index in [9.17, 15) is 9.59 Å². The molecule has 2 amide bonds. The summed E-state index contributed by atoms with van der Waals surface area (Å²) in [5.41, 5.74) is 10.9. The molecule has 1 heterocycles. The van der Waals surface area contributed by atoms with Gasteiger partial charge in [0.05, 0.1) is 12.5 Å². The van der Waals surface area contributed by atoms with Crippen molar-refractivity contribution in [1.82, 2.24) is 10.2 Å². The Labute approximate surface area is 121 Å². The van der Waals surface area contributed by atoms with Gasteiger partial charge >= 0.3 is 0 Å². The molecule has 1 saturated heterocycles. The van der Waals surface area contributed by atoms with Crippen molar-refractivity contribution in [1.29, 1.82) is 0 Å². The summed E-state index contributed by atoms with van der Waals surface area (Å²) in [6.45, 7) is 6.48. The molecule has 0 bridgehead atoms. The summed E-state index contributed by atoms with van der Waals surface area (Å²) >= 11 is 0. The van der Waals surface area contributed by atoms with Gasteiger partial charge in [-0.05, 0) is 25.2 Å². The predicted octanol–water partition coefficient (Wildman–Crippen LogP) is -0.327. The highest BCUT2D eigenvalue weighted by Crippen LogP contribution is 2.14. The molecule has 1 unspecified atom stereocenters. The first-order chi connectivity index (χ1) is 9.42. The van der Waals surface area contributed by atoms with E-state index in [1.165, 1.54) is 0 Å². The fourth-order valence-electron chi connectivity index (χ4n) is 2.65. The number of nitrogens with one attached hydrogen (secondary N) is 1. The first-order valence-electron chi connectivity index (χ1n) is 7.43. The topological polar surface area (TPSA) is 101 Å². The molecule has 6 nitrogen and oxygen atoms in total. The number of amides is 2. The Balaban J connectivity index is 2.35. The van der Waals surface area contributed by atoms with E-state index in [1.807, 2.05) is 4.90 Å². The zero-order valence-electron chi connectivity index (χ0n) is 12.6. The number of primary amides is 1. The molecule has 0 saturated carbocycles. The second kappa shape index (κ2) is 8.21. The molecule has 1 aliphatic heterocycles. The number of hydrogen-bond acceptors (Lipinski definition) is 4. The molecule has 6 heteroatoms. The zero-order chi connectivity index (χ0) is 15.1. The summed E-state index contributed by atoms with van der Waals surface area (Å²) < 4.78 is 0. The smallest absolute Gasteiger partial charge is 0.231 e. The Hall–Kier alpha value is -1.14. The molecular weight excluding hydrogens is 256 g/mol. The van der Waals surface area contributed by atoms with Crippen LogP contribution in [0.2, 0.25) is 0 Å². The monoisotopic (exact) mass is 284 g/mol. The first kappa shape index (κ1) is 16.9. The number of likely N-dealkylation sites (tertiary alicyclic amines) is 1. The van der Waals surface area contributed by atoms with Crippen LogP contribution in [0, 0.1) is 11.8 Å². The summed E-state index contributed by atoms with van der Waals surface area (Å²) in [5, 5.41) is 3.09. The van der Waals surface area contributed by atoms with E-state index in [0.717, 1.165) is 32.4 Å². The van der Waals surface area contributed by atoms with Crippen molar-refractivity contribution >= 4 is 11.8 Å². The van der Waals surface area contributed by atoms with Crippen LogP contribution in [0.3, 0.4) is 0 Å². The molecule has 0 aromatic rings. The normalized spacial score (nSPS) is 19.0. The van der Waals surface area contributed by atoms with Gasteiger partial charge in [-0.25, -0.2) is 0 Å². The lowest BCUT2D eigenvalue weighted by Gasteiger charge is -2.32. The van der Waals surface area contributed by atoms with Crippen LogP contribution < -0.4 is 16.8 Å². The number of nitrogens with zero attached hydrogens (tertiary/aromatic N) is 1. The fourth-order valence-corrected chi connectivity index (χ4v) is 2.65. The van der Waals surface area contributed by atoms with Gasteiger partial charge in [0.1, 0.15) is 0 Å². The Bertz CT molecular complexity index is 325. The second-order valence-electron chi connectivity index (χ2n) is 6.09. The molecule has 5 N–H and O–H groups in total. The van der Waals surface area contributed by atoms with Crippen LogP contribution in [0.4, 0.5) is 0 Å². The third kappa shape index (κ3) is 5.88. The molecule has 0 radical (unpaired) electrons. The van der Waals surface area contributed by atoms with Gasteiger partial charge in [0, 0.05) is 25.7 Å². The number of nitrogens with two attached hydrogens (primary N) is 2. The van der Waals surface area contributed by atoms with E-state index in [1.54, 1.807) is 0 Å². The minimum Gasteiger partial charge on any atom is -0.369 e. The molecule has 1 fully saturated rings. The third-order valence-electron chi connectivity index (χ3n) is 3.72. The highest BCUT2D eigenvalue weighted by atomic mass is 16.2. The average molecular weight is 284 g/mol. The lowest BCUT2D eigenvalue weighted by atomic mass is 9.95. The van der Waals surface area contributed by atoms with Crippen LogP contribution in [0.1, 0.15) is 33.1 Å². The summed E-state index contributed by atoms with van der Waals surface area (Å²) in [6, 6.07) is 0.188. The highest BCUT2D eigenvalue weighted by molar-refractivity contribution is 5.79. The maximum absolute atomic E-state index is 12.2. The molecule has 1 aliphatic rings. The van der Waals surface area contributed by atoms with E-state index in [0.29, 0.717) is 19.0 Å². The van der Waals surface area contributed by atoms with E-state index in [-0.39, 0.29) is 23.8 Å². The third-order valence-corrected chi connectivity index (χ3v) is 3.72. The Morgan fingerprint density at radius 3 is 2.35 bits per heavy atom. The Morgan fingerprint density at radius 2 is 1.90 bits per heavy atom. The van der Waals surface area contributed by atoms with E-state index < -0.39 is 0 Å². The fraction of sp³-hybridized carbons (Fsp3) is 0.857. The summed E-state index contributed by atoms with van der Waals surface area (Å²) in [6.07, 6.45) is 2.54. The Kier molecular flexibility index (Phi) is 6.95. The van der Waals surface area contributed by atoms with Crippen molar-refractivity contribution in [3.05, 3.63) is 0 Å². The molecule has 0 aromatic carbocycles. The van der Waals surface area contributed by atoms with Gasteiger partial charge in [0.15, 0.2) is 0 Å². The quantitative estimate of drug-likeness (QED) is 0.596. The number of carbonyl (C=O) groups excluding carboxylic acids is 2. The van der Waals surface area contributed by atoms with Gasteiger partial charge < -0.3 is 16.8 Å². The SMILES string of the molecule is CC(C)CC(CN)C(=O)NC1CCN(CC(N)=O)CC1. The van der Waals surface area contributed by atoms with E-state index in [2.05, 4.69) is 19.2 Å². The zero-order valence-corrected chi connectivity index (χ0v) is 12.6. The lowest BCUT2D eigenvalue weighted by molar-refractivity contribution is -0.126. The van der Waals surface area contributed by atoms with Crippen LogP contribution in [-0.2, 0) is 9.59 Å². The summed E-state index contributed by atoms with van der Waals surface area (Å²) in [4.78, 5) is 25.0. The Morgan fingerprint density at radius 1 is 1.30 bits per heavy atom. The van der Waals surface area contributed by atoms with Gasteiger partial charge in [0.25, 0.3) is 0 Å². The summed E-state index contributed by atoms with van der Waals surface area (Å²) in [5.74, 6) is 0.132. The molecule has 116 valence electrons. The first-order valence-corrected chi connectivity index (χ1v) is 7.43. The van der Waals surface area contributed by atoms with Crippen molar-refractivity contribution in [2.75, 3.05) is 26.2 Å². The highest BCUT2D eigenvalue weighted by Gasteiger charge is 2.24. The van der Waals surface area contributed by atoms with Crippen LogP contribution >= 0.6 is 0 Å². The predicted molar refractivity (Wildman–Crippen MR) is 78.8 cm³/mol. The molecule has 20 heavy (non-hydrogen) atoms. The van der Waals surface area contributed by atoms with Crippen LogP contribution in [0.5, 0.6) is 0 Å². The average Bonchev–Trinajstić information content (AvgIpc) is 2.37. The number of carbonyl (C=O) groups is 2. The second-order valence-corrected chi connectivity index (χ2v) is 6.09. The van der Waals surface area contributed by atoms with Gasteiger partial charge in [-0.1, -0.05) is 13.8 Å². The largest absolute Gasteiger partial charge is 0.369 e.